The van der Waals surface area contributed by atoms with E-state index in [-0.39, 0.29) is 11.6 Å². The molecule has 0 aliphatic carbocycles. The van der Waals surface area contributed by atoms with Gasteiger partial charge in [-0.2, -0.15) is 10.4 Å². The zero-order valence-corrected chi connectivity index (χ0v) is 19.6. The van der Waals surface area contributed by atoms with Crippen molar-refractivity contribution in [2.75, 3.05) is 5.32 Å². The molecule has 35 heavy (non-hydrogen) atoms. The van der Waals surface area contributed by atoms with E-state index in [2.05, 4.69) is 26.6 Å². The molecule has 0 bridgehead atoms. The molecule has 0 aliphatic heterocycles. The third-order valence-corrected chi connectivity index (χ3v) is 5.74. The lowest BCUT2D eigenvalue weighted by Gasteiger charge is -2.15. The van der Waals surface area contributed by atoms with Gasteiger partial charge in [0.2, 0.25) is 0 Å². The van der Waals surface area contributed by atoms with Crippen LogP contribution in [0, 0.1) is 18.3 Å². The number of anilines is 1. The van der Waals surface area contributed by atoms with E-state index in [1.807, 2.05) is 49.4 Å². The molecule has 4 aromatic rings. The maximum absolute atomic E-state index is 13.0. The largest absolute Gasteiger partial charge is 0.322 e. The maximum atomic E-state index is 13.0. The van der Waals surface area contributed by atoms with Crippen LogP contribution in [-0.2, 0) is 5.41 Å². The number of hydrogen-bond donors (Lipinski definition) is 1. The van der Waals surface area contributed by atoms with Crippen molar-refractivity contribution in [2.45, 2.75) is 26.2 Å². The van der Waals surface area contributed by atoms with Crippen molar-refractivity contribution in [2.24, 2.45) is 0 Å². The second kappa shape index (κ2) is 9.65. The molecule has 1 amide bonds. The van der Waals surface area contributed by atoms with Crippen LogP contribution in [0.15, 0.2) is 73.1 Å². The zero-order valence-electron chi connectivity index (χ0n) is 19.6. The molecule has 2 aromatic heterocycles. The highest BCUT2D eigenvalue weighted by atomic mass is 16.1. The van der Waals surface area contributed by atoms with Gasteiger partial charge in [-0.3, -0.25) is 14.6 Å². The minimum absolute atomic E-state index is 0.270. The van der Waals surface area contributed by atoms with E-state index in [9.17, 15) is 14.9 Å². The molecule has 4 rings (SSSR count). The first-order valence-electron chi connectivity index (χ1n) is 11.0. The number of aldehydes is 1. The van der Waals surface area contributed by atoms with E-state index >= 15 is 0 Å². The number of aryl methyl sites for hydroxylation is 1. The fourth-order valence-corrected chi connectivity index (χ4v) is 3.65. The molecule has 7 nitrogen and oxygen atoms in total. The van der Waals surface area contributed by atoms with E-state index in [0.717, 1.165) is 27.8 Å². The molecule has 0 saturated carbocycles. The van der Waals surface area contributed by atoms with Gasteiger partial charge >= 0.3 is 0 Å². The molecule has 0 spiro atoms. The Morgan fingerprint density at radius 3 is 2.60 bits per heavy atom. The van der Waals surface area contributed by atoms with Gasteiger partial charge in [-0.05, 0) is 79.4 Å². The van der Waals surface area contributed by atoms with E-state index < -0.39 is 5.41 Å². The first-order chi connectivity index (χ1) is 16.8. The molecule has 2 heterocycles. The zero-order chi connectivity index (χ0) is 25.0. The lowest BCUT2D eigenvalue weighted by molar-refractivity contribution is 0.102. The summed E-state index contributed by atoms with van der Waals surface area (Å²) >= 11 is 0. The third-order valence-electron chi connectivity index (χ3n) is 5.74. The Labute approximate surface area is 203 Å². The first-order valence-corrected chi connectivity index (χ1v) is 11.0. The van der Waals surface area contributed by atoms with Crippen LogP contribution in [0.25, 0.3) is 22.3 Å². The number of nitrogens with zero attached hydrogens (tertiary/aromatic N) is 4. The van der Waals surface area contributed by atoms with Crippen LogP contribution < -0.4 is 5.32 Å². The Kier molecular flexibility index (Phi) is 6.47. The first kappa shape index (κ1) is 23.5. The van der Waals surface area contributed by atoms with Crippen LogP contribution >= 0.6 is 0 Å². The molecule has 0 radical (unpaired) electrons. The number of rotatable bonds is 6. The van der Waals surface area contributed by atoms with Gasteiger partial charge in [0.15, 0.2) is 6.29 Å². The standard InChI is InChI=1S/C28H23N5O2/c1-18-7-8-23(32-27(35)21-9-10-30-26(13-21)28(2,3)17-29)14-25(18)20-6-4-5-19(11-20)22-12-24(16-34)33-31-15-22/h4-16H,1-3H3,(H,32,35). The van der Waals surface area contributed by atoms with Crippen molar-refractivity contribution < 1.29 is 9.59 Å². The predicted molar refractivity (Wildman–Crippen MR) is 134 cm³/mol. The lowest BCUT2D eigenvalue weighted by atomic mass is 9.90. The molecule has 172 valence electrons. The fourth-order valence-electron chi connectivity index (χ4n) is 3.65. The van der Waals surface area contributed by atoms with Crippen molar-refractivity contribution in [3.8, 4) is 28.3 Å². The summed E-state index contributed by atoms with van der Waals surface area (Å²) in [6, 6.07) is 20.8. The van der Waals surface area contributed by atoms with Gasteiger partial charge in [-0.15, -0.1) is 5.10 Å². The second-order valence-electron chi connectivity index (χ2n) is 8.72. The summed E-state index contributed by atoms with van der Waals surface area (Å²) < 4.78 is 0. The summed E-state index contributed by atoms with van der Waals surface area (Å²) in [5.74, 6) is -0.282. The summed E-state index contributed by atoms with van der Waals surface area (Å²) in [7, 11) is 0. The lowest BCUT2D eigenvalue weighted by Crippen LogP contribution is -2.18. The van der Waals surface area contributed by atoms with Gasteiger partial charge in [0, 0.05) is 23.0 Å². The summed E-state index contributed by atoms with van der Waals surface area (Å²) in [4.78, 5) is 28.3. The van der Waals surface area contributed by atoms with Gasteiger partial charge in [0.25, 0.3) is 5.91 Å². The van der Waals surface area contributed by atoms with Crippen LogP contribution in [0.1, 0.15) is 46.0 Å². The molecule has 1 N–H and O–H groups in total. The second-order valence-corrected chi connectivity index (χ2v) is 8.72. The van der Waals surface area contributed by atoms with Gasteiger partial charge < -0.3 is 5.32 Å². The number of benzene rings is 2. The van der Waals surface area contributed by atoms with E-state index in [1.54, 1.807) is 44.4 Å². The smallest absolute Gasteiger partial charge is 0.255 e. The van der Waals surface area contributed by atoms with E-state index in [4.69, 9.17) is 0 Å². The van der Waals surface area contributed by atoms with Crippen molar-refractivity contribution in [3.05, 3.63) is 95.6 Å². The quantitative estimate of drug-likeness (QED) is 0.386. The molecule has 2 aromatic carbocycles. The minimum Gasteiger partial charge on any atom is -0.322 e. The highest BCUT2D eigenvalue weighted by Gasteiger charge is 2.22. The van der Waals surface area contributed by atoms with Crippen molar-refractivity contribution in [1.29, 1.82) is 5.26 Å². The van der Waals surface area contributed by atoms with Crippen LogP contribution in [0.2, 0.25) is 0 Å². The number of carbonyl (C=O) groups excluding carboxylic acids is 2. The SMILES string of the molecule is Cc1ccc(NC(=O)c2ccnc(C(C)(C)C#N)c2)cc1-c1cccc(-c2cnnc(C=O)c2)c1. The Hall–Kier alpha value is -4.70. The molecule has 0 saturated heterocycles. The Balaban J connectivity index is 1.63. The van der Waals surface area contributed by atoms with Crippen molar-refractivity contribution in [1.82, 2.24) is 15.2 Å². The van der Waals surface area contributed by atoms with Gasteiger partial charge in [0.1, 0.15) is 5.69 Å². The van der Waals surface area contributed by atoms with Gasteiger partial charge in [-0.1, -0.05) is 24.3 Å². The molecule has 0 atom stereocenters. The molecule has 0 unspecified atom stereocenters. The molecular weight excluding hydrogens is 438 g/mol. The molecule has 0 fully saturated rings. The Bertz CT molecular complexity index is 1470. The number of carbonyl (C=O) groups is 2. The number of nitrogens with one attached hydrogen (secondary N) is 1. The highest BCUT2D eigenvalue weighted by molar-refractivity contribution is 6.04. The van der Waals surface area contributed by atoms with Crippen LogP contribution in [0.3, 0.4) is 0 Å². The minimum atomic E-state index is -0.796. The van der Waals surface area contributed by atoms with Crippen molar-refractivity contribution in [3.63, 3.8) is 0 Å². The highest BCUT2D eigenvalue weighted by Crippen LogP contribution is 2.30. The van der Waals surface area contributed by atoms with Crippen LogP contribution in [0.5, 0.6) is 0 Å². The summed E-state index contributed by atoms with van der Waals surface area (Å²) in [5.41, 5.74) is 5.75. The third kappa shape index (κ3) is 5.12. The molecule has 0 aliphatic rings. The van der Waals surface area contributed by atoms with Crippen LogP contribution in [0.4, 0.5) is 5.69 Å². The monoisotopic (exact) mass is 461 g/mol. The average Bonchev–Trinajstić information content (AvgIpc) is 2.90. The Morgan fingerprint density at radius 1 is 1.03 bits per heavy atom. The summed E-state index contributed by atoms with van der Waals surface area (Å²) in [6.07, 6.45) is 3.83. The predicted octanol–water partition coefficient (Wildman–Crippen LogP) is 5.38. The normalized spacial score (nSPS) is 10.9. The maximum Gasteiger partial charge on any atom is 0.255 e. The van der Waals surface area contributed by atoms with E-state index in [0.29, 0.717) is 23.2 Å². The Morgan fingerprint density at radius 2 is 1.83 bits per heavy atom. The fraction of sp³-hybridized carbons (Fsp3) is 0.143. The summed E-state index contributed by atoms with van der Waals surface area (Å²) in [5, 5.41) is 20.0. The van der Waals surface area contributed by atoms with E-state index in [1.165, 1.54) is 0 Å². The van der Waals surface area contributed by atoms with Gasteiger partial charge in [0.05, 0.1) is 23.4 Å². The number of hydrogen-bond acceptors (Lipinski definition) is 6. The topological polar surface area (TPSA) is 109 Å². The van der Waals surface area contributed by atoms with Gasteiger partial charge in [-0.25, -0.2) is 0 Å². The summed E-state index contributed by atoms with van der Waals surface area (Å²) in [6.45, 7) is 5.53. The molecule has 7 heteroatoms. The molecular formula is C28H23N5O2. The average molecular weight is 462 g/mol. The van der Waals surface area contributed by atoms with Crippen LogP contribution in [-0.4, -0.2) is 27.4 Å². The number of amides is 1. The number of pyridine rings is 1. The number of aromatic nitrogens is 3. The van der Waals surface area contributed by atoms with Crippen molar-refractivity contribution >= 4 is 17.9 Å². The number of nitriles is 1.